The van der Waals surface area contributed by atoms with Crippen molar-refractivity contribution in [1.29, 1.82) is 0 Å². The highest BCUT2D eigenvalue weighted by molar-refractivity contribution is 6.66. The van der Waals surface area contributed by atoms with E-state index in [9.17, 15) is 0 Å². The quantitative estimate of drug-likeness (QED) is 0.250. The Balaban J connectivity index is 1.50. The molecule has 0 bridgehead atoms. The number of aryl methyl sites for hydroxylation is 2. The zero-order valence-corrected chi connectivity index (χ0v) is 21.8. The van der Waals surface area contributed by atoms with Crippen LogP contribution in [0.1, 0.15) is 38.8 Å². The molecule has 1 aliphatic rings. The smallest absolute Gasteiger partial charge is 0.456 e. The number of rotatable bonds is 3. The van der Waals surface area contributed by atoms with Crippen LogP contribution in [-0.4, -0.2) is 18.3 Å². The van der Waals surface area contributed by atoms with E-state index in [1.165, 1.54) is 27.8 Å². The molecule has 3 nitrogen and oxygen atoms in total. The van der Waals surface area contributed by atoms with E-state index in [1.807, 2.05) is 12.1 Å². The molecular weight excluding hydrogens is 443 g/mol. The van der Waals surface area contributed by atoms with Crippen LogP contribution < -0.4 is 5.46 Å². The van der Waals surface area contributed by atoms with Crippen molar-refractivity contribution in [2.45, 2.75) is 52.7 Å². The highest BCUT2D eigenvalue weighted by atomic mass is 16.7. The highest BCUT2D eigenvalue weighted by Gasteiger charge is 2.52. The molecule has 0 N–H and O–H groups in total. The second-order valence-electron chi connectivity index (χ2n) is 11.0. The van der Waals surface area contributed by atoms with Crippen LogP contribution in [0.4, 0.5) is 0 Å². The van der Waals surface area contributed by atoms with Crippen molar-refractivity contribution in [3.8, 4) is 22.3 Å². The summed E-state index contributed by atoms with van der Waals surface area (Å²) >= 11 is 0. The first kappa shape index (κ1) is 23.1. The Hall–Kier alpha value is -3.34. The molecule has 5 aromatic rings. The third-order valence-electron chi connectivity index (χ3n) is 8.04. The van der Waals surface area contributed by atoms with Gasteiger partial charge in [0, 0.05) is 10.8 Å². The van der Waals surface area contributed by atoms with Crippen LogP contribution in [-0.2, 0) is 9.31 Å². The number of furan rings is 1. The molecule has 4 heteroatoms. The molecule has 0 atom stereocenters. The molecule has 1 aliphatic heterocycles. The van der Waals surface area contributed by atoms with Gasteiger partial charge in [0.15, 0.2) is 0 Å². The largest absolute Gasteiger partial charge is 0.495 e. The molecule has 0 saturated carbocycles. The number of hydrogen-bond acceptors (Lipinski definition) is 3. The minimum absolute atomic E-state index is 0.404. The molecule has 1 fully saturated rings. The second kappa shape index (κ2) is 8.09. The lowest BCUT2D eigenvalue weighted by atomic mass is 9.76. The summed E-state index contributed by atoms with van der Waals surface area (Å²) in [5.74, 6) is 0. The average molecular weight is 474 g/mol. The summed E-state index contributed by atoms with van der Waals surface area (Å²) < 4.78 is 19.1. The Bertz CT molecular complexity index is 1610. The molecule has 2 heterocycles. The van der Waals surface area contributed by atoms with E-state index >= 15 is 0 Å². The zero-order chi connectivity index (χ0) is 25.2. The monoisotopic (exact) mass is 474 g/mol. The Labute approximate surface area is 213 Å². The summed E-state index contributed by atoms with van der Waals surface area (Å²) in [6.45, 7) is 12.7. The summed E-state index contributed by atoms with van der Waals surface area (Å²) in [5.41, 5.74) is 9.33. The molecule has 36 heavy (non-hydrogen) atoms. The van der Waals surface area contributed by atoms with Crippen LogP contribution in [0, 0.1) is 13.8 Å². The van der Waals surface area contributed by atoms with Crippen molar-refractivity contribution < 1.29 is 13.7 Å². The minimum atomic E-state index is -0.449. The molecule has 0 unspecified atom stereocenters. The van der Waals surface area contributed by atoms with Gasteiger partial charge < -0.3 is 13.7 Å². The van der Waals surface area contributed by atoms with Gasteiger partial charge in [-0.25, -0.2) is 0 Å². The maximum absolute atomic E-state index is 6.42. The first-order valence-electron chi connectivity index (χ1n) is 12.6. The van der Waals surface area contributed by atoms with E-state index in [0.717, 1.165) is 33.0 Å². The summed E-state index contributed by atoms with van der Waals surface area (Å²) in [6, 6.07) is 27.9. The van der Waals surface area contributed by atoms with Crippen LogP contribution >= 0.6 is 0 Å². The predicted octanol–water partition coefficient (Wildman–Crippen LogP) is 7.84. The average Bonchev–Trinajstić information content (AvgIpc) is 3.32. The highest BCUT2D eigenvalue weighted by Crippen LogP contribution is 2.39. The van der Waals surface area contributed by atoms with Gasteiger partial charge in [-0.1, -0.05) is 54.6 Å². The number of fused-ring (bicyclic) bond motifs is 3. The van der Waals surface area contributed by atoms with Gasteiger partial charge in [-0.05, 0) is 105 Å². The topological polar surface area (TPSA) is 31.6 Å². The van der Waals surface area contributed by atoms with Crippen molar-refractivity contribution in [2.75, 3.05) is 0 Å². The van der Waals surface area contributed by atoms with Gasteiger partial charge in [0.05, 0.1) is 11.2 Å². The van der Waals surface area contributed by atoms with Gasteiger partial charge >= 0.3 is 7.12 Å². The standard InChI is InChI=1S/C32H31BO3/c1-20-10-7-8-11-24(20)25-18-22(15-14-21(25)2)23-16-17-28-26(19-23)30-27(12-9-13-29(30)34-28)33-35-31(3,4)32(5,6)36-33/h7-19H,1-6H3. The third kappa shape index (κ3) is 3.59. The predicted molar refractivity (Wildman–Crippen MR) is 150 cm³/mol. The fraction of sp³-hybridized carbons (Fsp3) is 0.250. The van der Waals surface area contributed by atoms with E-state index in [2.05, 4.69) is 108 Å². The Morgan fingerprint density at radius 3 is 2.03 bits per heavy atom. The summed E-state index contributed by atoms with van der Waals surface area (Å²) in [5, 5.41) is 2.13. The first-order chi connectivity index (χ1) is 17.1. The maximum Gasteiger partial charge on any atom is 0.495 e. The lowest BCUT2D eigenvalue weighted by molar-refractivity contribution is 0.00578. The molecule has 0 aliphatic carbocycles. The SMILES string of the molecule is Cc1ccccc1-c1cc(-c2ccc3oc4cccc(B5OC(C)(C)C(C)(C)O5)c4c3c2)ccc1C. The minimum Gasteiger partial charge on any atom is -0.456 e. The number of benzene rings is 4. The van der Waals surface area contributed by atoms with Gasteiger partial charge in [-0.3, -0.25) is 0 Å². The molecule has 1 saturated heterocycles. The van der Waals surface area contributed by atoms with E-state index < -0.39 is 18.3 Å². The van der Waals surface area contributed by atoms with Crippen LogP contribution in [0.3, 0.4) is 0 Å². The van der Waals surface area contributed by atoms with Crippen LogP contribution in [0.15, 0.2) is 83.3 Å². The third-order valence-corrected chi connectivity index (χ3v) is 8.04. The van der Waals surface area contributed by atoms with Crippen LogP contribution in [0.25, 0.3) is 44.2 Å². The molecule has 0 spiro atoms. The van der Waals surface area contributed by atoms with Crippen LogP contribution in [0.5, 0.6) is 0 Å². The Morgan fingerprint density at radius 1 is 0.611 bits per heavy atom. The fourth-order valence-electron chi connectivity index (χ4n) is 5.17. The number of hydrogen-bond donors (Lipinski definition) is 0. The van der Waals surface area contributed by atoms with Crippen molar-refractivity contribution in [2.24, 2.45) is 0 Å². The molecule has 0 amide bonds. The molecule has 4 aromatic carbocycles. The zero-order valence-electron chi connectivity index (χ0n) is 21.8. The van der Waals surface area contributed by atoms with Gasteiger partial charge in [0.2, 0.25) is 0 Å². The summed E-state index contributed by atoms with van der Waals surface area (Å²) in [4.78, 5) is 0. The Kier molecular flexibility index (Phi) is 5.19. The lowest BCUT2D eigenvalue weighted by Gasteiger charge is -2.32. The van der Waals surface area contributed by atoms with Crippen molar-refractivity contribution in [3.63, 3.8) is 0 Å². The maximum atomic E-state index is 6.42. The van der Waals surface area contributed by atoms with Gasteiger partial charge in [-0.15, -0.1) is 0 Å². The molecule has 0 radical (unpaired) electrons. The molecule has 6 rings (SSSR count). The van der Waals surface area contributed by atoms with Crippen molar-refractivity contribution in [1.82, 2.24) is 0 Å². The van der Waals surface area contributed by atoms with E-state index in [0.29, 0.717) is 0 Å². The molecule has 1 aromatic heterocycles. The van der Waals surface area contributed by atoms with E-state index in [-0.39, 0.29) is 0 Å². The van der Waals surface area contributed by atoms with Gasteiger partial charge in [0.1, 0.15) is 11.2 Å². The summed E-state index contributed by atoms with van der Waals surface area (Å²) in [6.07, 6.45) is 0. The summed E-state index contributed by atoms with van der Waals surface area (Å²) in [7, 11) is -0.449. The normalized spacial score (nSPS) is 16.8. The van der Waals surface area contributed by atoms with Crippen LogP contribution in [0.2, 0.25) is 0 Å². The van der Waals surface area contributed by atoms with Gasteiger partial charge in [-0.2, -0.15) is 0 Å². The van der Waals surface area contributed by atoms with Crippen molar-refractivity contribution >= 4 is 34.5 Å². The first-order valence-corrected chi connectivity index (χ1v) is 12.6. The fourth-order valence-corrected chi connectivity index (χ4v) is 5.17. The van der Waals surface area contributed by atoms with Gasteiger partial charge in [0.25, 0.3) is 0 Å². The lowest BCUT2D eigenvalue weighted by Crippen LogP contribution is -2.41. The molecule has 180 valence electrons. The van der Waals surface area contributed by atoms with Crippen molar-refractivity contribution in [3.05, 3.63) is 90.0 Å². The Morgan fingerprint density at radius 2 is 1.28 bits per heavy atom. The second-order valence-corrected chi connectivity index (χ2v) is 11.0. The van der Waals surface area contributed by atoms with E-state index in [1.54, 1.807) is 0 Å². The molecular formula is C32H31BO3. The van der Waals surface area contributed by atoms with E-state index in [4.69, 9.17) is 13.7 Å².